The van der Waals surface area contributed by atoms with Crippen molar-refractivity contribution in [3.05, 3.63) is 34.9 Å². The summed E-state index contributed by atoms with van der Waals surface area (Å²) in [6.07, 6.45) is 7.51. The minimum absolute atomic E-state index is 0.0254. The van der Waals surface area contributed by atoms with Crippen LogP contribution in [0.4, 0.5) is 0 Å². The number of aryl methyl sites for hydroxylation is 2. The van der Waals surface area contributed by atoms with Crippen molar-refractivity contribution in [1.82, 2.24) is 0 Å². The zero-order chi connectivity index (χ0) is 9.60. The van der Waals surface area contributed by atoms with Crippen LogP contribution in [0.3, 0.4) is 0 Å². The average Bonchev–Trinajstić information content (AvgIpc) is 2.60. The normalized spacial score (nSPS) is 22.9. The second kappa shape index (κ2) is 2.83. The molecule has 1 saturated carbocycles. The molecule has 0 heterocycles. The molecule has 1 aromatic rings. The Labute approximate surface area is 85.3 Å². The van der Waals surface area contributed by atoms with Crippen LogP contribution in [0.15, 0.2) is 18.2 Å². The molecule has 3 rings (SSSR count). The van der Waals surface area contributed by atoms with Crippen molar-refractivity contribution in [3.63, 3.8) is 0 Å². The van der Waals surface area contributed by atoms with E-state index in [9.17, 15) is 0 Å². The maximum Gasteiger partial charge on any atom is 0.0409 e. The van der Waals surface area contributed by atoms with Crippen LogP contribution in [0.5, 0.6) is 0 Å². The highest BCUT2D eigenvalue weighted by atomic mass is 14.8. The van der Waals surface area contributed by atoms with Gasteiger partial charge in [0.25, 0.3) is 0 Å². The van der Waals surface area contributed by atoms with Gasteiger partial charge in [-0.3, -0.25) is 0 Å². The van der Waals surface area contributed by atoms with Gasteiger partial charge < -0.3 is 5.73 Å². The zero-order valence-corrected chi connectivity index (χ0v) is 8.55. The molecule has 1 nitrogen and oxygen atoms in total. The van der Waals surface area contributed by atoms with Crippen LogP contribution in [0.1, 0.15) is 42.4 Å². The second-order valence-electron chi connectivity index (χ2n) is 4.85. The number of nitrogens with two attached hydrogens (primary N) is 1. The Balaban J connectivity index is 2.00. The fraction of sp³-hybridized carbons (Fsp3) is 0.538. The van der Waals surface area contributed by atoms with E-state index >= 15 is 0 Å². The minimum Gasteiger partial charge on any atom is -0.321 e. The van der Waals surface area contributed by atoms with Gasteiger partial charge in [0.15, 0.2) is 0 Å². The van der Waals surface area contributed by atoms with Crippen LogP contribution in [-0.4, -0.2) is 0 Å². The zero-order valence-electron chi connectivity index (χ0n) is 8.55. The van der Waals surface area contributed by atoms with Crippen molar-refractivity contribution < 1.29 is 0 Å². The van der Waals surface area contributed by atoms with Gasteiger partial charge in [-0.05, 0) is 55.2 Å². The quantitative estimate of drug-likeness (QED) is 0.718. The van der Waals surface area contributed by atoms with Gasteiger partial charge in [-0.1, -0.05) is 18.2 Å². The number of hydrogen-bond donors (Lipinski definition) is 1. The van der Waals surface area contributed by atoms with Crippen molar-refractivity contribution in [1.29, 1.82) is 0 Å². The SMILES string of the molecule is NC1(c2ccc3c(c2)CCC3)CCC1. The third-order valence-electron chi connectivity index (χ3n) is 3.92. The van der Waals surface area contributed by atoms with Crippen molar-refractivity contribution in [2.45, 2.75) is 44.1 Å². The van der Waals surface area contributed by atoms with E-state index in [1.807, 2.05) is 0 Å². The minimum atomic E-state index is 0.0254. The fourth-order valence-corrected chi connectivity index (χ4v) is 2.73. The Kier molecular flexibility index (Phi) is 1.72. The molecule has 0 radical (unpaired) electrons. The molecule has 0 bridgehead atoms. The first kappa shape index (κ1) is 8.49. The standard InChI is InChI=1S/C13H17N/c14-13(7-2-8-13)12-6-5-10-3-1-4-11(10)9-12/h5-6,9H,1-4,7-8,14H2. The monoisotopic (exact) mass is 187 g/mol. The van der Waals surface area contributed by atoms with E-state index in [4.69, 9.17) is 5.73 Å². The van der Waals surface area contributed by atoms with Crippen LogP contribution in [0.2, 0.25) is 0 Å². The number of benzene rings is 1. The van der Waals surface area contributed by atoms with Gasteiger partial charge in [-0.15, -0.1) is 0 Å². The molecule has 1 aromatic carbocycles. The van der Waals surface area contributed by atoms with Gasteiger partial charge in [-0.2, -0.15) is 0 Å². The Morgan fingerprint density at radius 1 is 1.00 bits per heavy atom. The topological polar surface area (TPSA) is 26.0 Å². The third-order valence-corrected chi connectivity index (χ3v) is 3.92. The summed E-state index contributed by atoms with van der Waals surface area (Å²) in [5, 5.41) is 0. The van der Waals surface area contributed by atoms with Crippen LogP contribution in [-0.2, 0) is 18.4 Å². The van der Waals surface area contributed by atoms with Gasteiger partial charge in [0, 0.05) is 5.54 Å². The van der Waals surface area contributed by atoms with E-state index in [0.29, 0.717) is 0 Å². The summed E-state index contributed by atoms with van der Waals surface area (Å²) in [5.74, 6) is 0. The molecule has 0 saturated heterocycles. The Hall–Kier alpha value is -0.820. The lowest BCUT2D eigenvalue weighted by Crippen LogP contribution is -2.43. The molecule has 2 aliphatic carbocycles. The Morgan fingerprint density at radius 2 is 1.79 bits per heavy atom. The van der Waals surface area contributed by atoms with Gasteiger partial charge in [-0.25, -0.2) is 0 Å². The molecule has 2 aliphatic rings. The first-order valence-electron chi connectivity index (χ1n) is 5.69. The summed E-state index contributed by atoms with van der Waals surface area (Å²) in [6, 6.07) is 6.91. The molecule has 1 heteroatoms. The van der Waals surface area contributed by atoms with E-state index in [1.165, 1.54) is 44.1 Å². The summed E-state index contributed by atoms with van der Waals surface area (Å²) in [7, 11) is 0. The highest BCUT2D eigenvalue weighted by Gasteiger charge is 2.34. The summed E-state index contributed by atoms with van der Waals surface area (Å²) >= 11 is 0. The predicted octanol–water partition coefficient (Wildman–Crippen LogP) is 2.51. The first-order chi connectivity index (χ1) is 6.78. The maximum absolute atomic E-state index is 6.32. The molecule has 0 spiro atoms. The van der Waals surface area contributed by atoms with Crippen LogP contribution in [0.25, 0.3) is 0 Å². The molecule has 0 unspecified atom stereocenters. The first-order valence-corrected chi connectivity index (χ1v) is 5.69. The summed E-state index contributed by atoms with van der Waals surface area (Å²) in [5.41, 5.74) is 10.8. The molecule has 0 atom stereocenters. The largest absolute Gasteiger partial charge is 0.321 e. The Morgan fingerprint density at radius 3 is 2.50 bits per heavy atom. The lowest BCUT2D eigenvalue weighted by Gasteiger charge is -2.38. The third kappa shape index (κ3) is 1.12. The van der Waals surface area contributed by atoms with Crippen molar-refractivity contribution in [2.75, 3.05) is 0 Å². The molecule has 2 N–H and O–H groups in total. The average molecular weight is 187 g/mol. The molecule has 74 valence electrons. The van der Waals surface area contributed by atoms with E-state index in [-0.39, 0.29) is 5.54 Å². The molecular weight excluding hydrogens is 170 g/mol. The summed E-state index contributed by atoms with van der Waals surface area (Å²) < 4.78 is 0. The molecule has 0 aliphatic heterocycles. The van der Waals surface area contributed by atoms with Gasteiger partial charge in [0.1, 0.15) is 0 Å². The van der Waals surface area contributed by atoms with Crippen molar-refractivity contribution in [3.8, 4) is 0 Å². The highest BCUT2D eigenvalue weighted by Crippen LogP contribution is 2.39. The van der Waals surface area contributed by atoms with Gasteiger partial charge in [0.05, 0.1) is 0 Å². The fourth-order valence-electron chi connectivity index (χ4n) is 2.73. The van der Waals surface area contributed by atoms with Crippen molar-refractivity contribution in [2.24, 2.45) is 5.73 Å². The molecule has 0 amide bonds. The van der Waals surface area contributed by atoms with E-state index < -0.39 is 0 Å². The van der Waals surface area contributed by atoms with Crippen LogP contribution < -0.4 is 5.73 Å². The van der Waals surface area contributed by atoms with Crippen LogP contribution in [0, 0.1) is 0 Å². The molecule has 0 aromatic heterocycles. The number of hydrogen-bond acceptors (Lipinski definition) is 1. The molecule has 1 fully saturated rings. The second-order valence-corrected chi connectivity index (χ2v) is 4.85. The van der Waals surface area contributed by atoms with Gasteiger partial charge >= 0.3 is 0 Å². The van der Waals surface area contributed by atoms with E-state index in [2.05, 4.69) is 18.2 Å². The molecule has 14 heavy (non-hydrogen) atoms. The predicted molar refractivity (Wildman–Crippen MR) is 58.2 cm³/mol. The number of fused-ring (bicyclic) bond motifs is 1. The van der Waals surface area contributed by atoms with E-state index in [0.717, 1.165) is 0 Å². The summed E-state index contributed by atoms with van der Waals surface area (Å²) in [4.78, 5) is 0. The van der Waals surface area contributed by atoms with E-state index in [1.54, 1.807) is 11.1 Å². The summed E-state index contributed by atoms with van der Waals surface area (Å²) in [6.45, 7) is 0. The maximum atomic E-state index is 6.32. The highest BCUT2D eigenvalue weighted by molar-refractivity contribution is 5.39. The molecular formula is C13H17N. The Bertz CT molecular complexity index is 363. The lowest BCUT2D eigenvalue weighted by atomic mass is 9.72. The lowest BCUT2D eigenvalue weighted by molar-refractivity contribution is 0.253. The van der Waals surface area contributed by atoms with Gasteiger partial charge in [0.2, 0.25) is 0 Å². The number of rotatable bonds is 1. The van der Waals surface area contributed by atoms with Crippen molar-refractivity contribution >= 4 is 0 Å². The van der Waals surface area contributed by atoms with Crippen LogP contribution >= 0.6 is 0 Å². The smallest absolute Gasteiger partial charge is 0.0409 e.